The number of nitrogens with zero attached hydrogens (tertiary/aromatic N) is 3. The first-order chi connectivity index (χ1) is 11.5. The maximum absolute atomic E-state index is 12.3. The molecule has 0 unspecified atom stereocenters. The molecule has 24 heavy (non-hydrogen) atoms. The number of aryl methyl sites for hydroxylation is 4. The minimum atomic E-state index is -0.359. The summed E-state index contributed by atoms with van der Waals surface area (Å²) in [6.45, 7) is 5.84. The molecule has 0 saturated heterocycles. The van der Waals surface area contributed by atoms with Crippen LogP contribution in [0.2, 0.25) is 0 Å². The molecule has 8 heteroatoms. The first-order valence-corrected chi connectivity index (χ1v) is 7.61. The standard InChI is InChI=1S/C16H18N4O4/c1-9-4-5-12(23-9)8-17-13(21)6-7-20-16(22)15-14(10(2)18-20)11(3)24-19-15/h4-5H,6-8H2,1-3H3,(H,17,21). The van der Waals surface area contributed by atoms with Gasteiger partial charge >= 0.3 is 0 Å². The quantitative estimate of drug-likeness (QED) is 0.762. The van der Waals surface area contributed by atoms with Gasteiger partial charge in [-0.05, 0) is 32.9 Å². The number of carbonyl (C=O) groups is 1. The Balaban J connectivity index is 1.66. The molecule has 0 spiro atoms. The Hall–Kier alpha value is -2.90. The zero-order valence-corrected chi connectivity index (χ0v) is 13.8. The fraction of sp³-hybridized carbons (Fsp3) is 0.375. The molecular formula is C16H18N4O4. The molecule has 3 aromatic rings. The largest absolute Gasteiger partial charge is 0.465 e. The van der Waals surface area contributed by atoms with Gasteiger partial charge in [-0.25, -0.2) is 4.68 Å². The Morgan fingerprint density at radius 3 is 2.79 bits per heavy atom. The second-order valence-corrected chi connectivity index (χ2v) is 5.62. The van der Waals surface area contributed by atoms with Crippen LogP contribution < -0.4 is 10.9 Å². The molecule has 3 heterocycles. The summed E-state index contributed by atoms with van der Waals surface area (Å²) in [6, 6.07) is 3.65. The molecule has 0 atom stereocenters. The minimum Gasteiger partial charge on any atom is -0.465 e. The number of carbonyl (C=O) groups excluding carboxylic acids is 1. The summed E-state index contributed by atoms with van der Waals surface area (Å²) in [5.41, 5.74) is 0.531. The molecule has 1 N–H and O–H groups in total. The van der Waals surface area contributed by atoms with Gasteiger partial charge in [0.25, 0.3) is 5.56 Å². The van der Waals surface area contributed by atoms with E-state index in [9.17, 15) is 9.59 Å². The Morgan fingerprint density at radius 1 is 1.29 bits per heavy atom. The number of hydrogen-bond acceptors (Lipinski definition) is 6. The molecular weight excluding hydrogens is 312 g/mol. The molecule has 3 rings (SSSR count). The molecule has 8 nitrogen and oxygen atoms in total. The number of fused-ring (bicyclic) bond motifs is 1. The lowest BCUT2D eigenvalue weighted by Gasteiger charge is -2.06. The van der Waals surface area contributed by atoms with Crippen molar-refractivity contribution in [3.63, 3.8) is 0 Å². The summed E-state index contributed by atoms with van der Waals surface area (Å²) >= 11 is 0. The molecule has 0 aromatic carbocycles. The van der Waals surface area contributed by atoms with Crippen LogP contribution in [0.3, 0.4) is 0 Å². The average Bonchev–Trinajstić information content (AvgIpc) is 3.14. The molecule has 0 bridgehead atoms. The average molecular weight is 330 g/mol. The van der Waals surface area contributed by atoms with Crippen molar-refractivity contribution in [1.82, 2.24) is 20.3 Å². The molecule has 0 radical (unpaired) electrons. The SMILES string of the molecule is Cc1ccc(CNC(=O)CCn2nc(C)c3c(C)onc3c2=O)o1. The van der Waals surface area contributed by atoms with Crippen LogP contribution in [-0.2, 0) is 17.9 Å². The first-order valence-electron chi connectivity index (χ1n) is 7.61. The second-order valence-electron chi connectivity index (χ2n) is 5.62. The van der Waals surface area contributed by atoms with Crippen LogP contribution in [0.25, 0.3) is 10.9 Å². The van der Waals surface area contributed by atoms with E-state index in [2.05, 4.69) is 15.6 Å². The third kappa shape index (κ3) is 3.08. The zero-order valence-electron chi connectivity index (χ0n) is 13.8. The van der Waals surface area contributed by atoms with E-state index in [1.54, 1.807) is 13.8 Å². The summed E-state index contributed by atoms with van der Waals surface area (Å²) in [5, 5.41) is 11.4. The van der Waals surface area contributed by atoms with Gasteiger partial charge in [-0.15, -0.1) is 0 Å². The van der Waals surface area contributed by atoms with E-state index in [0.29, 0.717) is 29.1 Å². The maximum atomic E-state index is 12.3. The van der Waals surface area contributed by atoms with E-state index in [1.165, 1.54) is 4.68 Å². The predicted octanol–water partition coefficient (Wildman–Crippen LogP) is 1.61. The van der Waals surface area contributed by atoms with Crippen LogP contribution in [-0.4, -0.2) is 20.8 Å². The molecule has 0 aliphatic rings. The number of furan rings is 1. The number of hydrogen-bond donors (Lipinski definition) is 1. The van der Waals surface area contributed by atoms with E-state index in [4.69, 9.17) is 8.94 Å². The highest BCUT2D eigenvalue weighted by atomic mass is 16.5. The monoisotopic (exact) mass is 330 g/mol. The predicted molar refractivity (Wildman–Crippen MR) is 85.4 cm³/mol. The van der Waals surface area contributed by atoms with E-state index in [1.807, 2.05) is 19.1 Å². The van der Waals surface area contributed by atoms with Gasteiger partial charge < -0.3 is 14.3 Å². The Bertz CT molecular complexity index is 951. The minimum absolute atomic E-state index is 0.133. The summed E-state index contributed by atoms with van der Waals surface area (Å²) < 4.78 is 11.7. The Labute approximate surface area is 137 Å². The fourth-order valence-electron chi connectivity index (χ4n) is 2.56. The van der Waals surface area contributed by atoms with Crippen LogP contribution in [0.4, 0.5) is 0 Å². The van der Waals surface area contributed by atoms with E-state index in [-0.39, 0.29) is 29.9 Å². The highest BCUT2D eigenvalue weighted by Crippen LogP contribution is 2.16. The Kier molecular flexibility index (Phi) is 4.20. The van der Waals surface area contributed by atoms with Gasteiger partial charge in [0.15, 0.2) is 5.52 Å². The van der Waals surface area contributed by atoms with Crippen LogP contribution in [0, 0.1) is 20.8 Å². The summed E-state index contributed by atoms with van der Waals surface area (Å²) in [6.07, 6.45) is 0.133. The van der Waals surface area contributed by atoms with Crippen LogP contribution >= 0.6 is 0 Å². The van der Waals surface area contributed by atoms with E-state index >= 15 is 0 Å². The summed E-state index contributed by atoms with van der Waals surface area (Å²) in [4.78, 5) is 24.3. The van der Waals surface area contributed by atoms with Gasteiger partial charge in [0.1, 0.15) is 17.3 Å². The van der Waals surface area contributed by atoms with Crippen LogP contribution in [0.15, 0.2) is 25.9 Å². The lowest BCUT2D eigenvalue weighted by atomic mass is 10.2. The number of amides is 1. The fourth-order valence-corrected chi connectivity index (χ4v) is 2.56. The van der Waals surface area contributed by atoms with E-state index < -0.39 is 0 Å². The first kappa shape index (κ1) is 16.0. The molecule has 126 valence electrons. The third-order valence-electron chi connectivity index (χ3n) is 3.74. The van der Waals surface area contributed by atoms with Crippen molar-refractivity contribution in [2.75, 3.05) is 0 Å². The topological polar surface area (TPSA) is 103 Å². The molecule has 0 aliphatic carbocycles. The van der Waals surface area contributed by atoms with Crippen molar-refractivity contribution in [2.45, 2.75) is 40.3 Å². The van der Waals surface area contributed by atoms with Crippen molar-refractivity contribution >= 4 is 16.8 Å². The van der Waals surface area contributed by atoms with Crippen molar-refractivity contribution in [3.05, 3.63) is 45.5 Å². The number of nitrogens with one attached hydrogen (secondary N) is 1. The smallest absolute Gasteiger partial charge is 0.296 e. The molecule has 1 amide bonds. The summed E-state index contributed by atoms with van der Waals surface area (Å²) in [5.74, 6) is 1.85. The van der Waals surface area contributed by atoms with Gasteiger partial charge in [0.2, 0.25) is 5.91 Å². The molecule has 0 aliphatic heterocycles. The van der Waals surface area contributed by atoms with Crippen LogP contribution in [0.5, 0.6) is 0 Å². The van der Waals surface area contributed by atoms with Crippen molar-refractivity contribution < 1.29 is 13.7 Å². The van der Waals surface area contributed by atoms with Gasteiger partial charge in [-0.2, -0.15) is 5.10 Å². The summed E-state index contributed by atoms with van der Waals surface area (Å²) in [7, 11) is 0. The highest BCUT2D eigenvalue weighted by molar-refractivity contribution is 5.81. The number of aromatic nitrogens is 3. The second kappa shape index (κ2) is 6.31. The van der Waals surface area contributed by atoms with Gasteiger partial charge in [0, 0.05) is 6.42 Å². The zero-order chi connectivity index (χ0) is 17.3. The third-order valence-corrected chi connectivity index (χ3v) is 3.74. The normalized spacial score (nSPS) is 11.1. The van der Waals surface area contributed by atoms with Crippen molar-refractivity contribution in [2.24, 2.45) is 0 Å². The lowest BCUT2D eigenvalue weighted by molar-refractivity contribution is -0.121. The maximum Gasteiger partial charge on any atom is 0.296 e. The van der Waals surface area contributed by atoms with Gasteiger partial charge in [0.05, 0.1) is 24.2 Å². The van der Waals surface area contributed by atoms with Crippen molar-refractivity contribution in [3.8, 4) is 0 Å². The van der Waals surface area contributed by atoms with Crippen LogP contribution in [0.1, 0.15) is 29.4 Å². The van der Waals surface area contributed by atoms with Gasteiger partial charge in [-0.3, -0.25) is 9.59 Å². The highest BCUT2D eigenvalue weighted by Gasteiger charge is 2.15. The van der Waals surface area contributed by atoms with Crippen molar-refractivity contribution in [1.29, 1.82) is 0 Å². The molecule has 0 fully saturated rings. The lowest BCUT2D eigenvalue weighted by Crippen LogP contribution is -2.29. The molecule has 0 saturated carbocycles. The van der Waals surface area contributed by atoms with E-state index in [0.717, 1.165) is 5.76 Å². The number of rotatable bonds is 5. The Morgan fingerprint density at radius 2 is 2.08 bits per heavy atom. The molecule has 3 aromatic heterocycles. The van der Waals surface area contributed by atoms with Gasteiger partial charge in [-0.1, -0.05) is 5.16 Å².